The standard InChI is InChI=1S/C13H13ClF2O4/c1-2-20-12(19)13(11(17)18,7-10(15)16)8-4-3-5-9(14)6-8/h3-6,10H,2,7H2,1H3,(H,17,18). The lowest BCUT2D eigenvalue weighted by molar-refractivity contribution is -0.164. The van der Waals surface area contributed by atoms with E-state index in [0.29, 0.717) is 0 Å². The van der Waals surface area contributed by atoms with Crippen LogP contribution in [0.2, 0.25) is 5.02 Å². The number of esters is 1. The molecule has 0 amide bonds. The monoisotopic (exact) mass is 306 g/mol. The van der Waals surface area contributed by atoms with Crippen LogP contribution in [0.15, 0.2) is 24.3 Å². The lowest BCUT2D eigenvalue weighted by Crippen LogP contribution is -2.46. The van der Waals surface area contributed by atoms with Crippen LogP contribution >= 0.6 is 11.6 Å². The van der Waals surface area contributed by atoms with E-state index < -0.39 is 30.2 Å². The Hall–Kier alpha value is -1.69. The molecule has 20 heavy (non-hydrogen) atoms. The van der Waals surface area contributed by atoms with Gasteiger partial charge in [-0.15, -0.1) is 0 Å². The van der Waals surface area contributed by atoms with Gasteiger partial charge in [-0.1, -0.05) is 23.7 Å². The van der Waals surface area contributed by atoms with E-state index >= 15 is 0 Å². The Bertz CT molecular complexity index is 507. The van der Waals surface area contributed by atoms with Crippen molar-refractivity contribution in [2.75, 3.05) is 6.61 Å². The Morgan fingerprint density at radius 1 is 1.45 bits per heavy atom. The van der Waals surface area contributed by atoms with Crippen molar-refractivity contribution < 1.29 is 28.2 Å². The number of carboxylic acids is 1. The van der Waals surface area contributed by atoms with Gasteiger partial charge in [-0.25, -0.2) is 8.78 Å². The second-order valence-electron chi connectivity index (χ2n) is 4.04. The van der Waals surface area contributed by atoms with Gasteiger partial charge in [0.25, 0.3) is 0 Å². The van der Waals surface area contributed by atoms with Crippen LogP contribution in [0.3, 0.4) is 0 Å². The Kier molecular flexibility index (Phi) is 5.44. The molecular formula is C13H13ClF2O4. The summed E-state index contributed by atoms with van der Waals surface area (Å²) in [6.45, 7) is 1.35. The third-order valence-electron chi connectivity index (χ3n) is 2.77. The minimum absolute atomic E-state index is 0.113. The molecule has 0 spiro atoms. The predicted molar refractivity (Wildman–Crippen MR) is 68.0 cm³/mol. The Morgan fingerprint density at radius 2 is 2.10 bits per heavy atom. The summed E-state index contributed by atoms with van der Waals surface area (Å²) in [4.78, 5) is 23.5. The number of alkyl halides is 2. The highest BCUT2D eigenvalue weighted by molar-refractivity contribution is 6.30. The van der Waals surface area contributed by atoms with Gasteiger partial charge in [0.1, 0.15) is 0 Å². The average molecular weight is 307 g/mol. The lowest BCUT2D eigenvalue weighted by Gasteiger charge is -2.27. The molecule has 1 rings (SSSR count). The molecule has 1 N–H and O–H groups in total. The molecule has 1 aromatic rings. The van der Waals surface area contributed by atoms with Crippen LogP contribution in [0.4, 0.5) is 8.78 Å². The number of carboxylic acid groups (broad SMARTS) is 1. The molecule has 0 aromatic heterocycles. The second-order valence-corrected chi connectivity index (χ2v) is 4.47. The summed E-state index contributed by atoms with van der Waals surface area (Å²) in [5, 5.41) is 9.48. The normalized spacial score (nSPS) is 13.8. The molecule has 0 saturated carbocycles. The number of ether oxygens (including phenoxy) is 1. The van der Waals surface area contributed by atoms with E-state index in [1.807, 2.05) is 0 Å². The Labute approximate surface area is 119 Å². The number of carbonyl (C=O) groups is 2. The third kappa shape index (κ3) is 3.25. The zero-order valence-corrected chi connectivity index (χ0v) is 11.4. The SMILES string of the molecule is CCOC(=O)C(CC(F)F)(C(=O)O)c1cccc(Cl)c1. The summed E-state index contributed by atoms with van der Waals surface area (Å²) in [5.41, 5.74) is -2.59. The maximum absolute atomic E-state index is 12.8. The van der Waals surface area contributed by atoms with Crippen molar-refractivity contribution in [1.29, 1.82) is 0 Å². The van der Waals surface area contributed by atoms with Crippen molar-refractivity contribution in [3.8, 4) is 0 Å². The van der Waals surface area contributed by atoms with Crippen molar-refractivity contribution in [2.45, 2.75) is 25.2 Å². The fourth-order valence-electron chi connectivity index (χ4n) is 1.86. The highest BCUT2D eigenvalue weighted by atomic mass is 35.5. The van der Waals surface area contributed by atoms with Gasteiger partial charge < -0.3 is 9.84 Å². The number of carbonyl (C=O) groups excluding carboxylic acids is 1. The first kappa shape index (κ1) is 16.4. The van der Waals surface area contributed by atoms with E-state index in [1.54, 1.807) is 0 Å². The molecule has 0 aliphatic carbocycles. The fourth-order valence-corrected chi connectivity index (χ4v) is 2.05. The van der Waals surface area contributed by atoms with Crippen LogP contribution < -0.4 is 0 Å². The maximum atomic E-state index is 12.8. The number of halogens is 3. The highest BCUT2D eigenvalue weighted by Gasteiger charge is 2.51. The van der Waals surface area contributed by atoms with Crippen molar-refractivity contribution in [1.82, 2.24) is 0 Å². The molecule has 1 unspecified atom stereocenters. The van der Waals surface area contributed by atoms with Gasteiger partial charge in [-0.05, 0) is 24.6 Å². The van der Waals surface area contributed by atoms with Crippen LogP contribution in [0, 0.1) is 0 Å². The van der Waals surface area contributed by atoms with Gasteiger partial charge >= 0.3 is 11.9 Å². The molecule has 0 aliphatic heterocycles. The van der Waals surface area contributed by atoms with E-state index in [4.69, 9.17) is 11.6 Å². The van der Waals surface area contributed by atoms with E-state index in [2.05, 4.69) is 4.74 Å². The summed E-state index contributed by atoms with van der Waals surface area (Å²) >= 11 is 5.74. The molecule has 1 aromatic carbocycles. The second kappa shape index (κ2) is 6.65. The number of hydrogen-bond acceptors (Lipinski definition) is 3. The van der Waals surface area contributed by atoms with Gasteiger partial charge in [-0.2, -0.15) is 0 Å². The Morgan fingerprint density at radius 3 is 2.55 bits per heavy atom. The fraction of sp³-hybridized carbons (Fsp3) is 0.385. The lowest BCUT2D eigenvalue weighted by atomic mass is 9.77. The minimum Gasteiger partial charge on any atom is -0.480 e. The van der Waals surface area contributed by atoms with Crippen LogP contribution in [-0.4, -0.2) is 30.1 Å². The molecule has 0 saturated heterocycles. The first-order valence-electron chi connectivity index (χ1n) is 5.79. The molecular weight excluding hydrogens is 294 g/mol. The number of benzene rings is 1. The quantitative estimate of drug-likeness (QED) is 0.648. The first-order valence-corrected chi connectivity index (χ1v) is 6.17. The largest absolute Gasteiger partial charge is 0.480 e. The summed E-state index contributed by atoms with van der Waals surface area (Å²) in [6.07, 6.45) is -4.17. The molecule has 7 heteroatoms. The smallest absolute Gasteiger partial charge is 0.328 e. The van der Waals surface area contributed by atoms with Gasteiger partial charge in [0.05, 0.1) is 6.61 Å². The molecule has 0 aliphatic rings. The van der Waals surface area contributed by atoms with Crippen LogP contribution in [0.25, 0.3) is 0 Å². The molecule has 0 radical (unpaired) electrons. The van der Waals surface area contributed by atoms with Crippen molar-refractivity contribution in [2.24, 2.45) is 0 Å². The van der Waals surface area contributed by atoms with E-state index in [-0.39, 0.29) is 17.2 Å². The van der Waals surface area contributed by atoms with Crippen LogP contribution in [-0.2, 0) is 19.7 Å². The van der Waals surface area contributed by atoms with Gasteiger partial charge in [0, 0.05) is 11.4 Å². The molecule has 0 bridgehead atoms. The van der Waals surface area contributed by atoms with E-state index in [0.717, 1.165) is 0 Å². The molecule has 0 fully saturated rings. The van der Waals surface area contributed by atoms with Gasteiger partial charge in [0.2, 0.25) is 6.43 Å². The van der Waals surface area contributed by atoms with Crippen molar-refractivity contribution in [3.05, 3.63) is 34.9 Å². The summed E-state index contributed by atoms with van der Waals surface area (Å²) in [7, 11) is 0. The van der Waals surface area contributed by atoms with Crippen molar-refractivity contribution in [3.63, 3.8) is 0 Å². The zero-order chi connectivity index (χ0) is 15.3. The highest BCUT2D eigenvalue weighted by Crippen LogP contribution is 2.34. The molecule has 1 atom stereocenters. The number of aliphatic carboxylic acids is 1. The molecule has 110 valence electrons. The zero-order valence-electron chi connectivity index (χ0n) is 10.6. The number of hydrogen-bond donors (Lipinski definition) is 1. The average Bonchev–Trinajstić information content (AvgIpc) is 2.35. The van der Waals surface area contributed by atoms with Gasteiger partial charge in [0.15, 0.2) is 5.41 Å². The maximum Gasteiger partial charge on any atom is 0.328 e. The van der Waals surface area contributed by atoms with Crippen molar-refractivity contribution >= 4 is 23.5 Å². The number of rotatable bonds is 6. The van der Waals surface area contributed by atoms with Crippen LogP contribution in [0.1, 0.15) is 18.9 Å². The molecule has 4 nitrogen and oxygen atoms in total. The predicted octanol–water partition coefficient (Wildman–Crippen LogP) is 2.88. The van der Waals surface area contributed by atoms with Gasteiger partial charge in [-0.3, -0.25) is 9.59 Å². The summed E-state index contributed by atoms with van der Waals surface area (Å²) in [5.74, 6) is -2.92. The van der Waals surface area contributed by atoms with E-state index in [9.17, 15) is 23.5 Å². The first-order chi connectivity index (χ1) is 9.34. The summed E-state index contributed by atoms with van der Waals surface area (Å²) < 4.78 is 30.2. The third-order valence-corrected chi connectivity index (χ3v) is 3.00. The minimum atomic E-state index is -2.99. The topological polar surface area (TPSA) is 63.6 Å². The summed E-state index contributed by atoms with van der Waals surface area (Å²) in [6, 6.07) is 5.28. The van der Waals surface area contributed by atoms with E-state index in [1.165, 1.54) is 31.2 Å². The Balaban J connectivity index is 3.44. The molecule has 0 heterocycles. The van der Waals surface area contributed by atoms with Crippen LogP contribution in [0.5, 0.6) is 0 Å².